The second-order valence-electron chi connectivity index (χ2n) is 5.25. The minimum atomic E-state index is -0.394. The van der Waals surface area contributed by atoms with Gasteiger partial charge in [-0.3, -0.25) is 4.79 Å². The highest BCUT2D eigenvalue weighted by Gasteiger charge is 2.24. The first-order valence-electron chi connectivity index (χ1n) is 7.09. The molecule has 1 aromatic rings. The Labute approximate surface area is 116 Å². The third kappa shape index (κ3) is 4.35. The van der Waals surface area contributed by atoms with Crippen molar-refractivity contribution in [2.24, 2.45) is 11.7 Å². The van der Waals surface area contributed by atoms with Crippen LogP contribution in [-0.2, 0) is 11.3 Å². The lowest BCUT2D eigenvalue weighted by molar-refractivity contribution is -0.134. The van der Waals surface area contributed by atoms with Crippen molar-refractivity contribution in [3.05, 3.63) is 35.4 Å². The van der Waals surface area contributed by atoms with Crippen LogP contribution in [0, 0.1) is 12.8 Å². The largest absolute Gasteiger partial charge is 0.337 e. The van der Waals surface area contributed by atoms with Crippen LogP contribution < -0.4 is 5.73 Å². The average molecular weight is 262 g/mol. The van der Waals surface area contributed by atoms with E-state index in [1.807, 2.05) is 24.8 Å². The topological polar surface area (TPSA) is 46.3 Å². The zero-order valence-corrected chi connectivity index (χ0v) is 12.5. The summed E-state index contributed by atoms with van der Waals surface area (Å²) < 4.78 is 0. The fourth-order valence-electron chi connectivity index (χ4n) is 2.08. The Morgan fingerprint density at radius 2 is 2.05 bits per heavy atom. The lowest BCUT2D eigenvalue weighted by Crippen LogP contribution is -2.46. The van der Waals surface area contributed by atoms with Crippen molar-refractivity contribution >= 4 is 5.91 Å². The number of hydrogen-bond acceptors (Lipinski definition) is 2. The molecule has 0 aromatic heterocycles. The number of nitrogens with two attached hydrogens (primary N) is 1. The van der Waals surface area contributed by atoms with E-state index >= 15 is 0 Å². The van der Waals surface area contributed by atoms with Crippen LogP contribution in [-0.4, -0.2) is 23.4 Å². The minimum absolute atomic E-state index is 0.0540. The van der Waals surface area contributed by atoms with Crippen LogP contribution in [0.3, 0.4) is 0 Å². The number of amides is 1. The Kier molecular flexibility index (Phi) is 6.03. The van der Waals surface area contributed by atoms with E-state index in [9.17, 15) is 4.79 Å². The monoisotopic (exact) mass is 262 g/mol. The van der Waals surface area contributed by atoms with Crippen molar-refractivity contribution in [3.63, 3.8) is 0 Å². The van der Waals surface area contributed by atoms with Crippen LogP contribution in [0.1, 0.15) is 38.3 Å². The normalized spacial score (nSPS) is 13.9. The molecule has 0 aliphatic rings. The van der Waals surface area contributed by atoms with Gasteiger partial charge in [0.05, 0.1) is 6.04 Å². The van der Waals surface area contributed by atoms with E-state index in [1.165, 1.54) is 5.56 Å². The summed E-state index contributed by atoms with van der Waals surface area (Å²) in [7, 11) is 0. The molecule has 19 heavy (non-hydrogen) atoms. The zero-order valence-electron chi connectivity index (χ0n) is 12.5. The molecule has 0 saturated carbocycles. The highest BCUT2D eigenvalue weighted by molar-refractivity contribution is 5.81. The maximum atomic E-state index is 12.4. The van der Waals surface area contributed by atoms with Crippen LogP contribution in [0.5, 0.6) is 0 Å². The predicted octanol–water partition coefficient (Wildman–Crippen LogP) is 2.72. The fourth-order valence-corrected chi connectivity index (χ4v) is 2.08. The maximum absolute atomic E-state index is 12.4. The van der Waals surface area contributed by atoms with Crippen molar-refractivity contribution in [2.75, 3.05) is 6.54 Å². The van der Waals surface area contributed by atoms with Gasteiger partial charge in [0.25, 0.3) is 0 Å². The SMILES string of the molecule is CCC(C)C(N)C(=O)N(CC)Cc1cccc(C)c1. The third-order valence-corrected chi connectivity index (χ3v) is 3.69. The molecule has 1 aromatic carbocycles. The van der Waals surface area contributed by atoms with Gasteiger partial charge >= 0.3 is 0 Å². The molecule has 0 radical (unpaired) electrons. The Bertz CT molecular complexity index is 417. The summed E-state index contributed by atoms with van der Waals surface area (Å²) in [6, 6.07) is 7.86. The van der Waals surface area contributed by atoms with Gasteiger partial charge in [-0.05, 0) is 25.3 Å². The Balaban J connectivity index is 2.75. The van der Waals surface area contributed by atoms with Crippen molar-refractivity contribution in [2.45, 2.75) is 46.7 Å². The second-order valence-corrected chi connectivity index (χ2v) is 5.25. The number of hydrogen-bond donors (Lipinski definition) is 1. The molecule has 2 N–H and O–H groups in total. The van der Waals surface area contributed by atoms with Gasteiger partial charge < -0.3 is 10.6 Å². The predicted molar refractivity (Wildman–Crippen MR) is 79.7 cm³/mol. The molecule has 0 aliphatic heterocycles. The van der Waals surface area contributed by atoms with Gasteiger partial charge in [0, 0.05) is 13.1 Å². The van der Waals surface area contributed by atoms with Gasteiger partial charge in [-0.1, -0.05) is 50.1 Å². The van der Waals surface area contributed by atoms with Crippen molar-refractivity contribution < 1.29 is 4.79 Å². The number of carbonyl (C=O) groups excluding carboxylic acids is 1. The highest BCUT2D eigenvalue weighted by Crippen LogP contribution is 2.12. The first-order valence-corrected chi connectivity index (χ1v) is 7.09. The van der Waals surface area contributed by atoms with E-state index in [0.29, 0.717) is 13.1 Å². The Hall–Kier alpha value is -1.35. The van der Waals surface area contributed by atoms with E-state index in [2.05, 4.69) is 32.0 Å². The molecular formula is C16H26N2O. The molecule has 106 valence electrons. The lowest BCUT2D eigenvalue weighted by atomic mass is 9.98. The molecule has 3 nitrogen and oxygen atoms in total. The van der Waals surface area contributed by atoms with Gasteiger partial charge in [-0.15, -0.1) is 0 Å². The molecule has 3 heteroatoms. The standard InChI is InChI=1S/C16H26N2O/c1-5-13(4)15(17)16(19)18(6-2)11-14-9-7-8-12(3)10-14/h7-10,13,15H,5-6,11,17H2,1-4H3. The summed E-state index contributed by atoms with van der Waals surface area (Å²) in [6.07, 6.45) is 0.926. The number of carbonyl (C=O) groups is 1. The summed E-state index contributed by atoms with van der Waals surface area (Å²) in [4.78, 5) is 14.2. The van der Waals surface area contributed by atoms with Crippen molar-refractivity contribution in [1.82, 2.24) is 4.90 Å². The number of likely N-dealkylation sites (N-methyl/N-ethyl adjacent to an activating group) is 1. The van der Waals surface area contributed by atoms with Gasteiger partial charge in [-0.2, -0.15) is 0 Å². The van der Waals surface area contributed by atoms with Crippen LogP contribution in [0.15, 0.2) is 24.3 Å². The van der Waals surface area contributed by atoms with Gasteiger partial charge in [0.15, 0.2) is 0 Å². The van der Waals surface area contributed by atoms with Crippen LogP contribution in [0.4, 0.5) is 0 Å². The van der Waals surface area contributed by atoms with E-state index in [1.54, 1.807) is 0 Å². The Morgan fingerprint density at radius 3 is 2.58 bits per heavy atom. The van der Waals surface area contributed by atoms with Crippen LogP contribution >= 0.6 is 0 Å². The molecule has 2 atom stereocenters. The fraction of sp³-hybridized carbons (Fsp3) is 0.562. The maximum Gasteiger partial charge on any atom is 0.240 e. The lowest BCUT2D eigenvalue weighted by Gasteiger charge is -2.27. The number of benzene rings is 1. The quantitative estimate of drug-likeness (QED) is 0.857. The zero-order chi connectivity index (χ0) is 14.4. The second kappa shape index (κ2) is 7.29. The minimum Gasteiger partial charge on any atom is -0.337 e. The molecule has 0 aliphatic carbocycles. The molecular weight excluding hydrogens is 236 g/mol. The first-order chi connectivity index (χ1) is 8.99. The summed E-state index contributed by atoms with van der Waals surface area (Å²) in [5.41, 5.74) is 8.41. The number of nitrogens with zero attached hydrogens (tertiary/aromatic N) is 1. The molecule has 0 saturated heterocycles. The summed E-state index contributed by atoms with van der Waals surface area (Å²) in [5, 5.41) is 0. The van der Waals surface area contributed by atoms with E-state index in [-0.39, 0.29) is 11.8 Å². The summed E-state index contributed by atoms with van der Waals surface area (Å²) in [5.74, 6) is 0.275. The molecule has 1 rings (SSSR count). The molecule has 0 spiro atoms. The van der Waals surface area contributed by atoms with Gasteiger partial charge in [0.2, 0.25) is 5.91 Å². The molecule has 2 unspecified atom stereocenters. The van der Waals surface area contributed by atoms with E-state index < -0.39 is 6.04 Å². The molecule has 1 amide bonds. The van der Waals surface area contributed by atoms with Gasteiger partial charge in [-0.25, -0.2) is 0 Å². The molecule has 0 bridgehead atoms. The van der Waals surface area contributed by atoms with Gasteiger partial charge in [0.1, 0.15) is 0 Å². The van der Waals surface area contributed by atoms with E-state index in [0.717, 1.165) is 12.0 Å². The Morgan fingerprint density at radius 1 is 1.37 bits per heavy atom. The highest BCUT2D eigenvalue weighted by atomic mass is 16.2. The first kappa shape index (κ1) is 15.7. The molecule has 0 heterocycles. The molecule has 0 fully saturated rings. The summed E-state index contributed by atoms with van der Waals surface area (Å²) >= 11 is 0. The third-order valence-electron chi connectivity index (χ3n) is 3.69. The van der Waals surface area contributed by atoms with Crippen LogP contribution in [0.25, 0.3) is 0 Å². The van der Waals surface area contributed by atoms with Crippen molar-refractivity contribution in [1.29, 1.82) is 0 Å². The summed E-state index contributed by atoms with van der Waals surface area (Å²) in [6.45, 7) is 9.49. The van der Waals surface area contributed by atoms with Crippen LogP contribution in [0.2, 0.25) is 0 Å². The smallest absolute Gasteiger partial charge is 0.240 e. The van der Waals surface area contributed by atoms with Crippen molar-refractivity contribution in [3.8, 4) is 0 Å². The number of rotatable bonds is 6. The number of aryl methyl sites for hydroxylation is 1. The van der Waals surface area contributed by atoms with E-state index in [4.69, 9.17) is 5.73 Å². The average Bonchev–Trinajstić information content (AvgIpc) is 2.42.